The van der Waals surface area contributed by atoms with Crippen molar-refractivity contribution >= 4 is 47.5 Å². The Morgan fingerprint density at radius 1 is 0.857 bits per heavy atom. The van der Waals surface area contributed by atoms with Crippen molar-refractivity contribution in [3.63, 3.8) is 0 Å². The van der Waals surface area contributed by atoms with Crippen molar-refractivity contribution in [2.45, 2.75) is 0 Å². The first-order valence-electron chi connectivity index (χ1n) is 2.89. The molecule has 0 bridgehead atoms. The van der Waals surface area contributed by atoms with Gasteiger partial charge in [-0.25, -0.2) is 14.4 Å². The molecule has 0 spiro atoms. The second-order valence-electron chi connectivity index (χ2n) is 1.55. The Hall–Kier alpha value is -1.11. The predicted octanol–water partition coefficient (Wildman–Crippen LogP) is -0.680. The maximum atomic E-state index is 9.55. The average Bonchev–Trinajstić information content (AvgIpc) is 2.02. The van der Waals surface area contributed by atoms with Crippen LogP contribution < -0.4 is 0 Å². The van der Waals surface area contributed by atoms with Crippen LogP contribution in [0.2, 0.25) is 0 Å². The van der Waals surface area contributed by atoms with Crippen molar-refractivity contribution in [3.05, 3.63) is 24.8 Å². The summed E-state index contributed by atoms with van der Waals surface area (Å²) in [5, 5.41) is 23.2. The Bertz CT molecular complexity index is 229. The van der Waals surface area contributed by atoms with E-state index in [1.807, 2.05) is 0 Å². The van der Waals surface area contributed by atoms with Crippen LogP contribution >= 0.6 is 0 Å². The van der Waals surface area contributed by atoms with E-state index >= 15 is 0 Å². The van der Waals surface area contributed by atoms with Crippen LogP contribution in [0.4, 0.5) is 0 Å². The van der Waals surface area contributed by atoms with E-state index < -0.39 is 17.9 Å². The van der Waals surface area contributed by atoms with E-state index in [9.17, 15) is 14.4 Å². The Morgan fingerprint density at radius 2 is 1.07 bits per heavy atom. The summed E-state index contributed by atoms with van der Waals surface area (Å²) < 4.78 is 0. The number of rotatable bonds is 3. The van der Waals surface area contributed by atoms with Gasteiger partial charge in [0.2, 0.25) is 0 Å². The molecule has 0 aromatic heterocycles. The second-order valence-corrected chi connectivity index (χ2v) is 1.55. The molecule has 0 aliphatic rings. The predicted molar refractivity (Wildman–Crippen MR) is 49.4 cm³/mol. The van der Waals surface area contributed by atoms with Crippen LogP contribution in [-0.2, 0) is 14.4 Å². The quantitative estimate of drug-likeness (QED) is 0.422. The molecule has 0 aliphatic carbocycles. The van der Waals surface area contributed by atoms with E-state index in [1.54, 1.807) is 0 Å². The summed E-state index contributed by atoms with van der Waals surface area (Å²) in [5.74, 6) is -3.50. The summed E-state index contributed by atoms with van der Waals surface area (Å²) in [6.07, 6.45) is 1.95. The summed E-state index contributed by atoms with van der Waals surface area (Å²) in [6.45, 7) is 2.96. The van der Waals surface area contributed by atoms with Gasteiger partial charge in [0.1, 0.15) is 0 Å². The number of hydrogen-bond donors (Lipinski definition) is 3. The van der Waals surface area contributed by atoms with Gasteiger partial charge in [-0.15, -0.1) is 0 Å². The second kappa shape index (κ2) is 11.9. The van der Waals surface area contributed by atoms with Crippen LogP contribution in [0.25, 0.3) is 0 Å². The molecule has 0 unspecified atom stereocenters. The summed E-state index contributed by atoms with van der Waals surface area (Å²) in [4.78, 5) is 28.4. The molecular formula is C7H9NaO6. The van der Waals surface area contributed by atoms with Crippen LogP contribution in [0.15, 0.2) is 24.8 Å². The Labute approximate surface area is 102 Å². The zero-order chi connectivity index (χ0) is 10.9. The Balaban J connectivity index is -0.000000177. The Kier molecular flexibility index (Phi) is 15.8. The summed E-state index contributed by atoms with van der Waals surface area (Å²) >= 11 is 0. The van der Waals surface area contributed by atoms with Gasteiger partial charge in [0.15, 0.2) is 0 Å². The summed E-state index contributed by atoms with van der Waals surface area (Å²) in [7, 11) is 0. The van der Waals surface area contributed by atoms with Crippen LogP contribution in [0.5, 0.6) is 0 Å². The molecule has 0 atom stereocenters. The zero-order valence-corrected chi connectivity index (χ0v) is 6.51. The monoisotopic (exact) mass is 212 g/mol. The number of carboxylic acid groups (broad SMARTS) is 3. The van der Waals surface area contributed by atoms with Gasteiger partial charge < -0.3 is 15.3 Å². The molecule has 0 aromatic carbocycles. The molecule has 0 aromatic rings. The van der Waals surface area contributed by atoms with Gasteiger partial charge in [-0.3, -0.25) is 0 Å². The molecule has 14 heavy (non-hydrogen) atoms. The minimum atomic E-state index is -1.26. The van der Waals surface area contributed by atoms with Crippen LogP contribution in [0.3, 0.4) is 0 Å². The summed E-state index contributed by atoms with van der Waals surface area (Å²) in [5.41, 5.74) is 0. The summed E-state index contributed by atoms with van der Waals surface area (Å²) in [6, 6.07) is 0. The fourth-order valence-corrected chi connectivity index (χ4v) is 0.143. The molecule has 0 aliphatic heterocycles. The molecule has 0 saturated carbocycles. The van der Waals surface area contributed by atoms with Crippen LogP contribution in [0.1, 0.15) is 0 Å². The van der Waals surface area contributed by atoms with E-state index in [2.05, 4.69) is 6.58 Å². The van der Waals surface area contributed by atoms with Gasteiger partial charge in [-0.05, 0) is 0 Å². The van der Waals surface area contributed by atoms with Gasteiger partial charge in [0, 0.05) is 18.2 Å². The van der Waals surface area contributed by atoms with E-state index in [4.69, 9.17) is 15.3 Å². The van der Waals surface area contributed by atoms with E-state index in [0.29, 0.717) is 12.2 Å². The Morgan fingerprint density at radius 3 is 1.14 bits per heavy atom. The van der Waals surface area contributed by atoms with Crippen molar-refractivity contribution in [2.24, 2.45) is 0 Å². The fraction of sp³-hybridized carbons (Fsp3) is 0. The first kappa shape index (κ1) is 18.6. The van der Waals surface area contributed by atoms with Crippen LogP contribution in [0, 0.1) is 0 Å². The maximum absolute atomic E-state index is 9.55. The van der Waals surface area contributed by atoms with Crippen molar-refractivity contribution < 1.29 is 29.7 Å². The minimum absolute atomic E-state index is 0. The molecule has 3 N–H and O–H groups in total. The molecule has 0 saturated heterocycles. The third-order valence-corrected chi connectivity index (χ3v) is 0.543. The number of carbonyl (C=O) groups is 3. The zero-order valence-electron chi connectivity index (χ0n) is 6.51. The topological polar surface area (TPSA) is 112 Å². The van der Waals surface area contributed by atoms with Gasteiger partial charge in [0.25, 0.3) is 0 Å². The molecule has 74 valence electrons. The SMILES string of the molecule is C=CC(=O)O.O=C(O)/C=C\C(=O)O.[NaH]. The third kappa shape index (κ3) is 30.7. The van der Waals surface area contributed by atoms with Crippen molar-refractivity contribution in [2.75, 3.05) is 0 Å². The molecule has 0 amide bonds. The van der Waals surface area contributed by atoms with Gasteiger partial charge in [0.05, 0.1) is 0 Å². The van der Waals surface area contributed by atoms with E-state index in [1.165, 1.54) is 0 Å². The number of carboxylic acids is 3. The fourth-order valence-electron chi connectivity index (χ4n) is 0.143. The molecule has 6 nitrogen and oxygen atoms in total. The van der Waals surface area contributed by atoms with Gasteiger partial charge in [-0.1, -0.05) is 6.58 Å². The normalized spacial score (nSPS) is 7.71. The number of aliphatic carboxylic acids is 3. The molecule has 0 rings (SSSR count). The first-order chi connectivity index (χ1) is 5.90. The molecule has 0 heterocycles. The van der Waals surface area contributed by atoms with Crippen LogP contribution in [-0.4, -0.2) is 62.8 Å². The van der Waals surface area contributed by atoms with Gasteiger partial charge in [-0.2, -0.15) is 0 Å². The van der Waals surface area contributed by atoms with Gasteiger partial charge >= 0.3 is 47.5 Å². The standard InChI is InChI=1S/C4H4O4.C3H4O2.Na.H/c5-3(6)1-2-4(7)8;1-2-3(4)5;;/h1-2H,(H,5,6)(H,7,8);2H,1H2,(H,4,5);;/b2-1-;;;. The molecular weight excluding hydrogens is 203 g/mol. The molecule has 0 fully saturated rings. The van der Waals surface area contributed by atoms with E-state index in [-0.39, 0.29) is 29.6 Å². The molecule has 7 heteroatoms. The average molecular weight is 212 g/mol. The van der Waals surface area contributed by atoms with E-state index in [0.717, 1.165) is 6.08 Å². The number of hydrogen-bond acceptors (Lipinski definition) is 3. The molecule has 0 radical (unpaired) electrons. The first-order valence-corrected chi connectivity index (χ1v) is 2.89. The van der Waals surface area contributed by atoms with Crippen molar-refractivity contribution in [3.8, 4) is 0 Å². The van der Waals surface area contributed by atoms with Crippen molar-refractivity contribution in [1.29, 1.82) is 0 Å². The van der Waals surface area contributed by atoms with Crippen molar-refractivity contribution in [1.82, 2.24) is 0 Å². The third-order valence-electron chi connectivity index (χ3n) is 0.543.